The van der Waals surface area contributed by atoms with Crippen LogP contribution in [0.3, 0.4) is 0 Å². The maximum absolute atomic E-state index is 12.4. The smallest absolute Gasteiger partial charge is 0.164 e. The molecule has 3 heteroatoms. The molecule has 4 rings (SSSR count). The predicted octanol–water partition coefficient (Wildman–Crippen LogP) is 2.92. The molecule has 1 N–H and O–H groups in total. The van der Waals surface area contributed by atoms with Crippen LogP contribution in [0.1, 0.15) is 51.9 Å². The molecular weight excluding hydrogens is 276 g/mol. The summed E-state index contributed by atoms with van der Waals surface area (Å²) in [6.45, 7) is 2.39. The Morgan fingerprint density at radius 3 is 2.82 bits per heavy atom. The SMILES string of the molecule is C[C@]12CCC(=O)C[C@@H]1CC[C@H]1[C@@H]3C=CC(=O)[C@@]3(CO)CC[C@@H]12. The maximum atomic E-state index is 12.4. The fraction of sp³-hybridized carbons (Fsp3) is 0.789. The Kier molecular flexibility index (Phi) is 3.17. The van der Waals surface area contributed by atoms with E-state index in [-0.39, 0.29) is 23.7 Å². The van der Waals surface area contributed by atoms with E-state index in [1.165, 1.54) is 0 Å². The maximum Gasteiger partial charge on any atom is 0.164 e. The van der Waals surface area contributed by atoms with Gasteiger partial charge in [-0.1, -0.05) is 13.0 Å². The van der Waals surface area contributed by atoms with Gasteiger partial charge < -0.3 is 5.11 Å². The van der Waals surface area contributed by atoms with Crippen LogP contribution in [0.5, 0.6) is 0 Å². The first-order chi connectivity index (χ1) is 10.5. The molecule has 0 unspecified atom stereocenters. The van der Waals surface area contributed by atoms with E-state index in [4.69, 9.17) is 0 Å². The summed E-state index contributed by atoms with van der Waals surface area (Å²) in [5.41, 5.74) is -0.257. The van der Waals surface area contributed by atoms with Crippen LogP contribution in [-0.2, 0) is 9.59 Å². The van der Waals surface area contributed by atoms with E-state index in [0.717, 1.165) is 44.9 Å². The second kappa shape index (κ2) is 4.77. The molecule has 4 aliphatic carbocycles. The molecule has 4 aliphatic rings. The Morgan fingerprint density at radius 1 is 1.23 bits per heavy atom. The van der Waals surface area contributed by atoms with E-state index < -0.39 is 5.41 Å². The van der Waals surface area contributed by atoms with Gasteiger partial charge in [0.1, 0.15) is 5.78 Å². The van der Waals surface area contributed by atoms with Gasteiger partial charge in [-0.05, 0) is 67.3 Å². The minimum absolute atomic E-state index is 0.00858. The summed E-state index contributed by atoms with van der Waals surface area (Å²) in [5, 5.41) is 9.94. The molecule has 6 atom stereocenters. The number of aliphatic hydroxyl groups is 1. The number of aliphatic hydroxyl groups excluding tert-OH is 1. The largest absolute Gasteiger partial charge is 0.395 e. The number of hydrogen-bond acceptors (Lipinski definition) is 3. The van der Waals surface area contributed by atoms with Crippen LogP contribution < -0.4 is 0 Å². The van der Waals surface area contributed by atoms with Gasteiger partial charge in [0.25, 0.3) is 0 Å². The van der Waals surface area contributed by atoms with Crippen LogP contribution in [0.2, 0.25) is 0 Å². The van der Waals surface area contributed by atoms with Gasteiger partial charge in [0.05, 0.1) is 12.0 Å². The molecule has 0 heterocycles. The topological polar surface area (TPSA) is 54.4 Å². The zero-order chi connectivity index (χ0) is 15.5. The monoisotopic (exact) mass is 302 g/mol. The van der Waals surface area contributed by atoms with Crippen molar-refractivity contribution in [3.63, 3.8) is 0 Å². The zero-order valence-electron chi connectivity index (χ0n) is 13.4. The number of hydrogen-bond donors (Lipinski definition) is 1. The molecule has 22 heavy (non-hydrogen) atoms. The summed E-state index contributed by atoms with van der Waals surface area (Å²) in [6.07, 6.45) is 10.4. The zero-order valence-corrected chi connectivity index (χ0v) is 13.4. The Balaban J connectivity index is 1.67. The average molecular weight is 302 g/mol. The number of carbonyl (C=O) groups is 2. The van der Waals surface area contributed by atoms with Gasteiger partial charge >= 0.3 is 0 Å². The first-order valence-electron chi connectivity index (χ1n) is 8.86. The third kappa shape index (κ3) is 1.72. The van der Waals surface area contributed by atoms with Crippen LogP contribution in [0.4, 0.5) is 0 Å². The minimum atomic E-state index is -0.519. The number of allylic oxidation sites excluding steroid dienone is 2. The van der Waals surface area contributed by atoms with Gasteiger partial charge in [0, 0.05) is 12.8 Å². The van der Waals surface area contributed by atoms with Crippen LogP contribution in [0, 0.1) is 34.5 Å². The molecule has 0 spiro atoms. The first kappa shape index (κ1) is 14.6. The Bertz CT molecular complexity index is 551. The summed E-state index contributed by atoms with van der Waals surface area (Å²) < 4.78 is 0. The van der Waals surface area contributed by atoms with Crippen molar-refractivity contribution in [2.24, 2.45) is 34.5 Å². The van der Waals surface area contributed by atoms with Crippen molar-refractivity contribution in [1.29, 1.82) is 0 Å². The Morgan fingerprint density at radius 2 is 2.05 bits per heavy atom. The summed E-state index contributed by atoms with van der Waals surface area (Å²) in [6, 6.07) is 0. The van der Waals surface area contributed by atoms with Crippen LogP contribution in [-0.4, -0.2) is 23.3 Å². The minimum Gasteiger partial charge on any atom is -0.395 e. The molecular formula is C19H26O3. The molecule has 0 aliphatic heterocycles. The number of carbonyl (C=O) groups excluding carboxylic acids is 2. The summed E-state index contributed by atoms with van der Waals surface area (Å²) in [4.78, 5) is 24.2. The van der Waals surface area contributed by atoms with Gasteiger partial charge in [-0.3, -0.25) is 9.59 Å². The quantitative estimate of drug-likeness (QED) is 0.810. The van der Waals surface area contributed by atoms with Crippen molar-refractivity contribution < 1.29 is 14.7 Å². The molecule has 3 saturated carbocycles. The molecule has 0 radical (unpaired) electrons. The summed E-state index contributed by atoms with van der Waals surface area (Å²) >= 11 is 0. The number of ketones is 2. The lowest BCUT2D eigenvalue weighted by Crippen LogP contribution is -2.55. The average Bonchev–Trinajstić information content (AvgIpc) is 2.86. The highest BCUT2D eigenvalue weighted by Crippen LogP contribution is 2.64. The lowest BCUT2D eigenvalue weighted by Gasteiger charge is -2.59. The van der Waals surface area contributed by atoms with Gasteiger partial charge in [0.2, 0.25) is 0 Å². The van der Waals surface area contributed by atoms with E-state index >= 15 is 0 Å². The van der Waals surface area contributed by atoms with E-state index in [1.807, 2.05) is 0 Å². The highest BCUT2D eigenvalue weighted by atomic mass is 16.3. The van der Waals surface area contributed by atoms with Crippen molar-refractivity contribution >= 4 is 11.6 Å². The highest BCUT2D eigenvalue weighted by molar-refractivity contribution is 5.98. The van der Waals surface area contributed by atoms with Crippen LogP contribution in [0.25, 0.3) is 0 Å². The second-order valence-electron chi connectivity index (χ2n) is 8.40. The lowest BCUT2D eigenvalue weighted by molar-refractivity contribution is -0.147. The van der Waals surface area contributed by atoms with Gasteiger partial charge in [0.15, 0.2) is 5.78 Å². The van der Waals surface area contributed by atoms with E-state index in [0.29, 0.717) is 23.5 Å². The normalized spacial score (nSPS) is 50.5. The fourth-order valence-corrected chi connectivity index (χ4v) is 6.42. The molecule has 0 aromatic carbocycles. The molecule has 0 aromatic heterocycles. The molecule has 0 saturated heterocycles. The van der Waals surface area contributed by atoms with E-state index in [9.17, 15) is 14.7 Å². The number of Topliss-reactive ketones (excluding diaryl/α,β-unsaturated/α-hetero) is 1. The summed E-state index contributed by atoms with van der Waals surface area (Å²) in [7, 11) is 0. The third-order valence-corrected chi connectivity index (χ3v) is 7.79. The number of fused-ring (bicyclic) bond motifs is 5. The van der Waals surface area contributed by atoms with Crippen molar-refractivity contribution in [2.75, 3.05) is 6.61 Å². The predicted molar refractivity (Wildman–Crippen MR) is 83.1 cm³/mol. The van der Waals surface area contributed by atoms with E-state index in [1.54, 1.807) is 6.08 Å². The van der Waals surface area contributed by atoms with E-state index in [2.05, 4.69) is 13.0 Å². The Hall–Kier alpha value is -0.960. The van der Waals surface area contributed by atoms with Crippen LogP contribution >= 0.6 is 0 Å². The molecule has 0 aromatic rings. The lowest BCUT2D eigenvalue weighted by atomic mass is 9.45. The van der Waals surface area contributed by atoms with Crippen molar-refractivity contribution in [2.45, 2.75) is 51.9 Å². The van der Waals surface area contributed by atoms with Gasteiger partial charge in [-0.2, -0.15) is 0 Å². The Labute approximate surface area is 132 Å². The molecule has 120 valence electrons. The molecule has 3 fully saturated rings. The summed E-state index contributed by atoms with van der Waals surface area (Å²) in [5.74, 6) is 2.47. The fourth-order valence-electron chi connectivity index (χ4n) is 6.42. The van der Waals surface area contributed by atoms with Gasteiger partial charge in [-0.25, -0.2) is 0 Å². The van der Waals surface area contributed by atoms with Crippen molar-refractivity contribution in [3.05, 3.63) is 12.2 Å². The molecule has 0 bridgehead atoms. The number of rotatable bonds is 1. The van der Waals surface area contributed by atoms with Crippen molar-refractivity contribution in [1.82, 2.24) is 0 Å². The van der Waals surface area contributed by atoms with Crippen molar-refractivity contribution in [3.8, 4) is 0 Å². The highest BCUT2D eigenvalue weighted by Gasteiger charge is 2.60. The molecule has 0 amide bonds. The van der Waals surface area contributed by atoms with Crippen LogP contribution in [0.15, 0.2) is 12.2 Å². The third-order valence-electron chi connectivity index (χ3n) is 7.79. The standard InChI is InChI=1S/C19H26O3/c1-18-8-6-13(21)10-12(18)2-3-14-15(18)7-9-19(11-20)16(14)4-5-17(19)22/h4-5,12,14-16,20H,2-3,6-11H2,1H3/t12-,14+,15-,16-,18-,19+/m0/s1. The second-order valence-corrected chi connectivity index (χ2v) is 8.40. The first-order valence-corrected chi connectivity index (χ1v) is 8.86. The molecule has 3 nitrogen and oxygen atoms in total. The van der Waals surface area contributed by atoms with Gasteiger partial charge in [-0.15, -0.1) is 0 Å².